The summed E-state index contributed by atoms with van der Waals surface area (Å²) in [6.45, 7) is -0.292. The Morgan fingerprint density at radius 1 is 1.13 bits per heavy atom. The smallest absolute Gasteiger partial charge is 0.335 e. The van der Waals surface area contributed by atoms with Gasteiger partial charge in [-0.2, -0.15) is 4.98 Å². The molecular formula is C21H16ClF2N5O. The van der Waals surface area contributed by atoms with Crippen LogP contribution in [0.3, 0.4) is 0 Å². The first-order valence-electron chi connectivity index (χ1n) is 9.45. The molecule has 0 spiro atoms. The predicted octanol–water partition coefficient (Wildman–Crippen LogP) is 4.14. The van der Waals surface area contributed by atoms with Crippen molar-refractivity contribution in [3.05, 3.63) is 81.4 Å². The molecule has 1 N–H and O–H groups in total. The number of nitrogens with one attached hydrogen (secondary N) is 1. The zero-order valence-electron chi connectivity index (χ0n) is 15.6. The van der Waals surface area contributed by atoms with E-state index >= 15 is 0 Å². The quantitative estimate of drug-likeness (QED) is 0.520. The summed E-state index contributed by atoms with van der Waals surface area (Å²) in [6, 6.07) is 10.7. The molecule has 0 unspecified atom stereocenters. The van der Waals surface area contributed by atoms with Crippen molar-refractivity contribution in [2.75, 3.05) is 5.32 Å². The Kier molecular flexibility index (Phi) is 4.51. The third kappa shape index (κ3) is 3.33. The van der Waals surface area contributed by atoms with Crippen molar-refractivity contribution in [2.24, 2.45) is 0 Å². The van der Waals surface area contributed by atoms with E-state index in [2.05, 4.69) is 15.3 Å². The van der Waals surface area contributed by atoms with E-state index < -0.39 is 17.3 Å². The summed E-state index contributed by atoms with van der Waals surface area (Å²) in [5.41, 5.74) is 0.500. The van der Waals surface area contributed by atoms with Crippen LogP contribution in [0.25, 0.3) is 16.9 Å². The standard InChI is InChI=1S/C21H16ClF2N5O/c22-12-3-1-4-14(9-12)29-19-18(10-25-20(27-19)26-13-7-8-13)28(21(29)30)11-15-16(23)5-2-6-17(15)24/h1-6,9-10,13H,7-8,11H2,(H,25,26,27). The average molecular weight is 428 g/mol. The van der Waals surface area contributed by atoms with E-state index in [4.69, 9.17) is 11.6 Å². The van der Waals surface area contributed by atoms with Crippen LogP contribution < -0.4 is 11.0 Å². The molecule has 152 valence electrons. The van der Waals surface area contributed by atoms with Gasteiger partial charge in [0.05, 0.1) is 18.4 Å². The van der Waals surface area contributed by atoms with Gasteiger partial charge in [-0.3, -0.25) is 4.57 Å². The minimum Gasteiger partial charge on any atom is -0.351 e. The first-order valence-corrected chi connectivity index (χ1v) is 9.83. The molecule has 1 fully saturated rings. The van der Waals surface area contributed by atoms with E-state index in [0.29, 0.717) is 33.9 Å². The third-order valence-electron chi connectivity index (χ3n) is 5.03. The molecule has 1 aliphatic carbocycles. The molecule has 1 aliphatic rings. The van der Waals surface area contributed by atoms with Crippen molar-refractivity contribution < 1.29 is 8.78 Å². The molecule has 0 amide bonds. The normalized spacial score (nSPS) is 13.7. The van der Waals surface area contributed by atoms with Gasteiger partial charge in [0.15, 0.2) is 5.65 Å². The molecule has 0 atom stereocenters. The van der Waals surface area contributed by atoms with Gasteiger partial charge in [0.25, 0.3) is 0 Å². The number of hydrogen-bond acceptors (Lipinski definition) is 4. The summed E-state index contributed by atoms with van der Waals surface area (Å²) < 4.78 is 31.1. The summed E-state index contributed by atoms with van der Waals surface area (Å²) in [5.74, 6) is -1.05. The molecule has 0 saturated heterocycles. The van der Waals surface area contributed by atoms with Crippen molar-refractivity contribution in [1.82, 2.24) is 19.1 Å². The Morgan fingerprint density at radius 2 is 1.87 bits per heavy atom. The second-order valence-corrected chi connectivity index (χ2v) is 7.64. The number of anilines is 1. The fraction of sp³-hybridized carbons (Fsp3) is 0.190. The molecule has 2 heterocycles. The number of benzene rings is 2. The van der Waals surface area contributed by atoms with Crippen molar-refractivity contribution in [3.63, 3.8) is 0 Å². The lowest BCUT2D eigenvalue weighted by Gasteiger charge is -2.06. The maximum absolute atomic E-state index is 14.2. The summed E-state index contributed by atoms with van der Waals surface area (Å²) in [6.07, 6.45) is 3.57. The van der Waals surface area contributed by atoms with Gasteiger partial charge in [-0.05, 0) is 43.2 Å². The molecular weight excluding hydrogens is 412 g/mol. The highest BCUT2D eigenvalue weighted by Crippen LogP contribution is 2.25. The minimum absolute atomic E-state index is 0.204. The first-order chi connectivity index (χ1) is 14.5. The second-order valence-electron chi connectivity index (χ2n) is 7.21. The third-order valence-corrected chi connectivity index (χ3v) is 5.26. The largest absolute Gasteiger partial charge is 0.351 e. The highest BCUT2D eigenvalue weighted by atomic mass is 35.5. The molecule has 0 bridgehead atoms. The van der Waals surface area contributed by atoms with Crippen LogP contribution in [0.15, 0.2) is 53.5 Å². The number of hydrogen-bond donors (Lipinski definition) is 1. The van der Waals surface area contributed by atoms with E-state index in [0.717, 1.165) is 25.0 Å². The Morgan fingerprint density at radius 3 is 2.57 bits per heavy atom. The Hall–Kier alpha value is -3.26. The monoisotopic (exact) mass is 427 g/mol. The van der Waals surface area contributed by atoms with Crippen LogP contribution >= 0.6 is 11.6 Å². The van der Waals surface area contributed by atoms with E-state index in [1.54, 1.807) is 24.3 Å². The van der Waals surface area contributed by atoms with Crippen molar-refractivity contribution in [2.45, 2.75) is 25.4 Å². The number of nitrogens with zero attached hydrogens (tertiary/aromatic N) is 4. The highest BCUT2D eigenvalue weighted by Gasteiger charge is 2.24. The fourth-order valence-corrected chi connectivity index (χ4v) is 3.54. The average Bonchev–Trinajstić information content (AvgIpc) is 3.48. The van der Waals surface area contributed by atoms with Gasteiger partial charge in [-0.1, -0.05) is 23.7 Å². The van der Waals surface area contributed by atoms with Crippen LogP contribution in [0.1, 0.15) is 18.4 Å². The predicted molar refractivity (Wildman–Crippen MR) is 110 cm³/mol. The van der Waals surface area contributed by atoms with Crippen molar-refractivity contribution in [1.29, 1.82) is 0 Å². The number of halogens is 3. The maximum Gasteiger partial charge on any atom is 0.335 e. The lowest BCUT2D eigenvalue weighted by molar-refractivity contribution is 0.543. The summed E-state index contributed by atoms with van der Waals surface area (Å²) in [4.78, 5) is 22.1. The zero-order chi connectivity index (χ0) is 20.8. The van der Waals surface area contributed by atoms with Crippen molar-refractivity contribution in [3.8, 4) is 5.69 Å². The number of aromatic nitrogens is 4. The topological polar surface area (TPSA) is 64.7 Å². The molecule has 0 radical (unpaired) electrons. The van der Waals surface area contributed by atoms with E-state index in [-0.39, 0.29) is 12.1 Å². The van der Waals surface area contributed by atoms with E-state index in [1.807, 2.05) is 0 Å². The molecule has 2 aromatic carbocycles. The summed E-state index contributed by atoms with van der Waals surface area (Å²) in [5, 5.41) is 3.65. The molecule has 2 aromatic heterocycles. The Bertz CT molecular complexity index is 1310. The highest BCUT2D eigenvalue weighted by molar-refractivity contribution is 6.30. The number of rotatable bonds is 5. The van der Waals surface area contributed by atoms with Crippen LogP contribution in [0.4, 0.5) is 14.7 Å². The van der Waals surface area contributed by atoms with Crippen LogP contribution in [0.5, 0.6) is 0 Å². The lowest BCUT2D eigenvalue weighted by atomic mass is 10.2. The van der Waals surface area contributed by atoms with Crippen LogP contribution in [0, 0.1) is 11.6 Å². The van der Waals surface area contributed by atoms with Gasteiger partial charge in [0, 0.05) is 16.6 Å². The van der Waals surface area contributed by atoms with E-state index in [1.165, 1.54) is 21.4 Å². The molecule has 0 aliphatic heterocycles. The second kappa shape index (κ2) is 7.21. The van der Waals surface area contributed by atoms with Gasteiger partial charge in [0.2, 0.25) is 5.95 Å². The minimum atomic E-state index is -0.724. The summed E-state index contributed by atoms with van der Waals surface area (Å²) in [7, 11) is 0. The number of fused-ring (bicyclic) bond motifs is 1. The van der Waals surface area contributed by atoms with Gasteiger partial charge >= 0.3 is 5.69 Å². The Balaban J connectivity index is 1.72. The van der Waals surface area contributed by atoms with Crippen LogP contribution in [-0.2, 0) is 6.54 Å². The van der Waals surface area contributed by atoms with Crippen molar-refractivity contribution >= 4 is 28.7 Å². The fourth-order valence-electron chi connectivity index (χ4n) is 3.36. The van der Waals surface area contributed by atoms with Gasteiger partial charge in [0.1, 0.15) is 17.2 Å². The Labute approximate surface area is 174 Å². The number of imidazole rings is 1. The molecule has 5 rings (SSSR count). The van der Waals surface area contributed by atoms with Crippen LogP contribution in [-0.4, -0.2) is 25.1 Å². The zero-order valence-corrected chi connectivity index (χ0v) is 16.4. The maximum atomic E-state index is 14.2. The van der Waals surface area contributed by atoms with Gasteiger partial charge in [-0.25, -0.2) is 23.1 Å². The van der Waals surface area contributed by atoms with E-state index in [9.17, 15) is 13.6 Å². The van der Waals surface area contributed by atoms with Gasteiger partial charge in [-0.15, -0.1) is 0 Å². The molecule has 4 aromatic rings. The first kappa shape index (κ1) is 18.7. The molecule has 6 nitrogen and oxygen atoms in total. The molecule has 1 saturated carbocycles. The SMILES string of the molecule is O=c1n(Cc2c(F)cccc2F)c2cnc(NC3CC3)nc2n1-c1cccc(Cl)c1. The van der Waals surface area contributed by atoms with Crippen LogP contribution in [0.2, 0.25) is 5.02 Å². The molecule has 30 heavy (non-hydrogen) atoms. The summed E-state index contributed by atoms with van der Waals surface area (Å²) >= 11 is 6.12. The lowest BCUT2D eigenvalue weighted by Crippen LogP contribution is -2.24. The molecule has 9 heteroatoms. The van der Waals surface area contributed by atoms with Gasteiger partial charge < -0.3 is 5.32 Å².